The molecule has 0 saturated heterocycles. The summed E-state index contributed by atoms with van der Waals surface area (Å²) in [5.41, 5.74) is 15.3. The molecule has 1 aliphatic rings. The van der Waals surface area contributed by atoms with Crippen molar-refractivity contribution in [3.8, 4) is 33.6 Å². The number of hydrogen-bond donors (Lipinski definition) is 0. The summed E-state index contributed by atoms with van der Waals surface area (Å²) in [4.78, 5) is 9.77. The van der Waals surface area contributed by atoms with Gasteiger partial charge in [0.25, 0.3) is 0 Å². The molecule has 2 heterocycles. The molecule has 1 saturated carbocycles. The van der Waals surface area contributed by atoms with Gasteiger partial charge in [-0.05, 0) is 153 Å². The maximum atomic E-state index is 4.88. The second-order valence-corrected chi connectivity index (χ2v) is 15.2. The van der Waals surface area contributed by atoms with E-state index in [4.69, 9.17) is 9.97 Å². The SMILES string of the molecule is Cc1ccccc1-c1ccc(CCC2C[C@@H](CCc3ccc(-c4ccccc4C)nc3)C[C@@H](CCc3ccc(-c4ccccc4C)nc3)C2)cc1. The Balaban J connectivity index is 0.996. The van der Waals surface area contributed by atoms with Gasteiger partial charge in [-0.2, -0.15) is 0 Å². The molecule has 0 radical (unpaired) electrons. The van der Waals surface area contributed by atoms with Crippen molar-refractivity contribution in [2.75, 3.05) is 0 Å². The van der Waals surface area contributed by atoms with Crippen LogP contribution in [0.3, 0.4) is 0 Å². The Hall–Kier alpha value is -4.82. The third-order valence-electron chi connectivity index (χ3n) is 11.4. The molecule has 51 heavy (non-hydrogen) atoms. The molecule has 7 rings (SSSR count). The lowest BCUT2D eigenvalue weighted by molar-refractivity contribution is 0.172. The second kappa shape index (κ2) is 16.5. The maximum Gasteiger partial charge on any atom is 0.0704 e. The number of nitrogens with zero attached hydrogens (tertiary/aromatic N) is 2. The summed E-state index contributed by atoms with van der Waals surface area (Å²) in [6.45, 7) is 6.53. The first-order valence-corrected chi connectivity index (χ1v) is 19.2. The Bertz CT molecular complexity index is 1760. The molecule has 3 atom stereocenters. The largest absolute Gasteiger partial charge is 0.256 e. The van der Waals surface area contributed by atoms with Crippen molar-refractivity contribution in [3.63, 3.8) is 0 Å². The van der Waals surface area contributed by atoms with Crippen LogP contribution >= 0.6 is 0 Å². The minimum Gasteiger partial charge on any atom is -0.256 e. The van der Waals surface area contributed by atoms with Crippen LogP contribution in [0.25, 0.3) is 33.6 Å². The lowest BCUT2D eigenvalue weighted by Gasteiger charge is -2.35. The molecular weight excluding hydrogens is 617 g/mol. The highest BCUT2D eigenvalue weighted by molar-refractivity contribution is 5.67. The zero-order valence-electron chi connectivity index (χ0n) is 30.7. The van der Waals surface area contributed by atoms with Crippen LogP contribution in [0.15, 0.2) is 134 Å². The molecule has 6 aromatic rings. The fourth-order valence-corrected chi connectivity index (χ4v) is 8.45. The van der Waals surface area contributed by atoms with E-state index in [0.29, 0.717) is 0 Å². The third-order valence-corrected chi connectivity index (χ3v) is 11.4. The first kappa shape index (κ1) is 34.6. The number of pyridine rings is 2. The van der Waals surface area contributed by atoms with E-state index < -0.39 is 0 Å². The summed E-state index contributed by atoms with van der Waals surface area (Å²) in [6.07, 6.45) is 15.4. The van der Waals surface area contributed by atoms with Crippen molar-refractivity contribution in [2.24, 2.45) is 17.8 Å². The Morgan fingerprint density at radius 2 is 0.784 bits per heavy atom. The summed E-state index contributed by atoms with van der Waals surface area (Å²) in [5.74, 6) is 2.29. The molecule has 1 unspecified atom stereocenters. The van der Waals surface area contributed by atoms with Gasteiger partial charge in [0.05, 0.1) is 11.4 Å². The van der Waals surface area contributed by atoms with E-state index >= 15 is 0 Å². The monoisotopic (exact) mass is 668 g/mol. The maximum absolute atomic E-state index is 4.88. The molecule has 1 fully saturated rings. The first-order chi connectivity index (χ1) is 25.0. The van der Waals surface area contributed by atoms with Gasteiger partial charge in [-0.15, -0.1) is 0 Å². The molecule has 2 aromatic heterocycles. The van der Waals surface area contributed by atoms with Gasteiger partial charge in [-0.1, -0.05) is 109 Å². The fourth-order valence-electron chi connectivity index (χ4n) is 8.45. The lowest BCUT2D eigenvalue weighted by atomic mass is 9.70. The minimum absolute atomic E-state index is 0.759. The predicted molar refractivity (Wildman–Crippen MR) is 215 cm³/mol. The Kier molecular flexibility index (Phi) is 11.2. The molecule has 0 aliphatic heterocycles. The van der Waals surface area contributed by atoms with Crippen molar-refractivity contribution in [1.29, 1.82) is 0 Å². The summed E-state index contributed by atoms with van der Waals surface area (Å²) >= 11 is 0. The molecule has 2 heteroatoms. The van der Waals surface area contributed by atoms with Gasteiger partial charge < -0.3 is 0 Å². The summed E-state index contributed by atoms with van der Waals surface area (Å²) in [6, 6.07) is 44.2. The molecule has 0 spiro atoms. The average molecular weight is 669 g/mol. The average Bonchev–Trinajstić information content (AvgIpc) is 3.17. The van der Waals surface area contributed by atoms with Crippen LogP contribution < -0.4 is 0 Å². The van der Waals surface area contributed by atoms with Gasteiger partial charge in [-0.3, -0.25) is 9.97 Å². The van der Waals surface area contributed by atoms with Crippen LogP contribution in [-0.4, -0.2) is 9.97 Å². The molecule has 0 bridgehead atoms. The molecule has 1 aliphatic carbocycles. The summed E-state index contributed by atoms with van der Waals surface area (Å²) in [5, 5.41) is 0. The topological polar surface area (TPSA) is 25.8 Å². The minimum atomic E-state index is 0.759. The van der Waals surface area contributed by atoms with Crippen LogP contribution in [0.2, 0.25) is 0 Å². The zero-order chi connectivity index (χ0) is 35.0. The summed E-state index contributed by atoms with van der Waals surface area (Å²) in [7, 11) is 0. The molecule has 4 aromatic carbocycles. The normalized spacial score (nSPS) is 17.4. The van der Waals surface area contributed by atoms with Gasteiger partial charge >= 0.3 is 0 Å². The molecule has 0 amide bonds. The van der Waals surface area contributed by atoms with Crippen molar-refractivity contribution < 1.29 is 0 Å². The van der Waals surface area contributed by atoms with E-state index in [1.807, 2.05) is 0 Å². The predicted octanol–water partition coefficient (Wildman–Crippen LogP) is 12.6. The van der Waals surface area contributed by atoms with Gasteiger partial charge in [0.1, 0.15) is 0 Å². The molecular formula is C49H52N2. The lowest BCUT2D eigenvalue weighted by Crippen LogP contribution is -2.24. The van der Waals surface area contributed by atoms with E-state index in [2.05, 4.69) is 154 Å². The van der Waals surface area contributed by atoms with E-state index in [0.717, 1.165) is 48.4 Å². The highest BCUT2D eigenvalue weighted by Crippen LogP contribution is 2.40. The van der Waals surface area contributed by atoms with E-state index in [9.17, 15) is 0 Å². The highest BCUT2D eigenvalue weighted by Gasteiger charge is 2.28. The van der Waals surface area contributed by atoms with Crippen LogP contribution in [0.5, 0.6) is 0 Å². The number of aromatic nitrogens is 2. The van der Waals surface area contributed by atoms with Gasteiger partial charge in [0, 0.05) is 23.5 Å². The second-order valence-electron chi connectivity index (χ2n) is 15.2. The number of hydrogen-bond acceptors (Lipinski definition) is 2. The van der Waals surface area contributed by atoms with Crippen molar-refractivity contribution >= 4 is 0 Å². The Morgan fingerprint density at radius 3 is 1.18 bits per heavy atom. The van der Waals surface area contributed by atoms with Crippen molar-refractivity contribution in [2.45, 2.75) is 78.6 Å². The quantitative estimate of drug-likeness (QED) is 0.130. The van der Waals surface area contributed by atoms with Gasteiger partial charge in [0.2, 0.25) is 0 Å². The zero-order valence-corrected chi connectivity index (χ0v) is 30.7. The van der Waals surface area contributed by atoms with Gasteiger partial charge in [0.15, 0.2) is 0 Å². The first-order valence-electron chi connectivity index (χ1n) is 19.2. The number of rotatable bonds is 12. The van der Waals surface area contributed by atoms with Crippen LogP contribution in [0.4, 0.5) is 0 Å². The summed E-state index contributed by atoms with van der Waals surface area (Å²) < 4.78 is 0. The molecule has 2 nitrogen and oxygen atoms in total. The van der Waals surface area contributed by atoms with Crippen LogP contribution in [-0.2, 0) is 19.3 Å². The Morgan fingerprint density at radius 1 is 0.412 bits per heavy atom. The van der Waals surface area contributed by atoms with Crippen molar-refractivity contribution in [3.05, 3.63) is 167 Å². The van der Waals surface area contributed by atoms with E-state index in [1.165, 1.54) is 94.2 Å². The molecule has 258 valence electrons. The number of aryl methyl sites for hydroxylation is 6. The third kappa shape index (κ3) is 8.92. The smallest absolute Gasteiger partial charge is 0.0704 e. The van der Waals surface area contributed by atoms with Gasteiger partial charge in [-0.25, -0.2) is 0 Å². The fraction of sp³-hybridized carbons (Fsp3) is 0.306. The van der Waals surface area contributed by atoms with Crippen LogP contribution in [0, 0.1) is 38.5 Å². The molecule has 0 N–H and O–H groups in total. The van der Waals surface area contributed by atoms with E-state index in [1.54, 1.807) is 0 Å². The number of benzene rings is 4. The Labute approximate surface area is 306 Å². The van der Waals surface area contributed by atoms with Crippen LogP contribution in [0.1, 0.15) is 71.9 Å². The van der Waals surface area contributed by atoms with E-state index in [-0.39, 0.29) is 0 Å². The van der Waals surface area contributed by atoms with Crippen molar-refractivity contribution in [1.82, 2.24) is 9.97 Å². The standard InChI is InChI=1S/C49H52N2/c1-35-10-4-7-13-45(35)44-26-22-38(23-27-44)16-19-41-30-42(20-17-39-24-28-48(50-33-39)46-14-8-5-11-36(46)2)32-43(31-41)21-18-40-25-29-49(51-34-40)47-15-9-6-12-37(47)3/h4-15,22-29,33-34,41-43H,16-21,30-32H2,1-3H3/t41?,42-,43+. The highest BCUT2D eigenvalue weighted by atomic mass is 14.7.